The van der Waals surface area contributed by atoms with Gasteiger partial charge in [0.1, 0.15) is 22.2 Å². The van der Waals surface area contributed by atoms with Gasteiger partial charge in [-0.3, -0.25) is 4.68 Å². The van der Waals surface area contributed by atoms with E-state index in [4.69, 9.17) is 4.52 Å². The van der Waals surface area contributed by atoms with Crippen molar-refractivity contribution in [3.8, 4) is 0 Å². The van der Waals surface area contributed by atoms with Crippen LogP contribution in [0.3, 0.4) is 0 Å². The van der Waals surface area contributed by atoms with E-state index in [-0.39, 0.29) is 0 Å². The third-order valence-corrected chi connectivity index (χ3v) is 2.93. The zero-order valence-corrected chi connectivity index (χ0v) is 10.6. The molecule has 2 heterocycles. The summed E-state index contributed by atoms with van der Waals surface area (Å²) < 4.78 is 7.29. The smallest absolute Gasteiger partial charge is 0.136 e. The van der Waals surface area contributed by atoms with Gasteiger partial charge < -0.3 is 9.63 Å². The molecule has 0 aliphatic heterocycles. The van der Waals surface area contributed by atoms with Crippen molar-refractivity contribution in [2.24, 2.45) is 7.05 Å². The molecule has 0 spiro atoms. The summed E-state index contributed by atoms with van der Waals surface area (Å²) in [4.78, 5) is 0. The fourth-order valence-corrected chi connectivity index (χ4v) is 2.02. The second kappa shape index (κ2) is 4.39. The van der Waals surface area contributed by atoms with Gasteiger partial charge in [0.2, 0.25) is 0 Å². The molecular weight excluding hydrogens is 274 g/mol. The van der Waals surface area contributed by atoms with E-state index in [0.717, 1.165) is 12.2 Å². The highest BCUT2D eigenvalue weighted by Crippen LogP contribution is 2.27. The SMILES string of the molecule is CCc1cc(C(O)c2cn(C)nc2Br)no1. The average Bonchev–Trinajstić information content (AvgIpc) is 2.84. The molecule has 86 valence electrons. The van der Waals surface area contributed by atoms with E-state index in [0.29, 0.717) is 15.9 Å². The van der Waals surface area contributed by atoms with Crippen LogP contribution in [0.5, 0.6) is 0 Å². The van der Waals surface area contributed by atoms with Gasteiger partial charge in [-0.2, -0.15) is 5.10 Å². The number of hydrogen-bond acceptors (Lipinski definition) is 4. The third kappa shape index (κ3) is 2.03. The Balaban J connectivity index is 2.31. The Kier molecular flexibility index (Phi) is 3.11. The van der Waals surface area contributed by atoms with Gasteiger partial charge in [0.05, 0.1) is 0 Å². The molecule has 0 aliphatic rings. The summed E-state index contributed by atoms with van der Waals surface area (Å²) >= 11 is 3.29. The number of hydrogen-bond donors (Lipinski definition) is 1. The Morgan fingerprint density at radius 2 is 2.38 bits per heavy atom. The minimum atomic E-state index is -0.813. The normalized spacial score (nSPS) is 13.0. The minimum Gasteiger partial charge on any atom is -0.382 e. The standard InChI is InChI=1S/C10H12BrN3O2/c1-3-6-4-8(13-16-6)9(15)7-5-14(2)12-10(7)11/h4-5,9,15H,3H2,1-2H3. The first-order chi connectivity index (χ1) is 7.61. The summed E-state index contributed by atoms with van der Waals surface area (Å²) in [6, 6.07) is 1.75. The maximum Gasteiger partial charge on any atom is 0.136 e. The summed E-state index contributed by atoms with van der Waals surface area (Å²) in [5.74, 6) is 0.758. The number of aryl methyl sites for hydroxylation is 2. The van der Waals surface area contributed by atoms with Crippen LogP contribution >= 0.6 is 15.9 Å². The van der Waals surface area contributed by atoms with E-state index in [9.17, 15) is 5.11 Å². The van der Waals surface area contributed by atoms with Gasteiger partial charge in [0.25, 0.3) is 0 Å². The molecule has 0 aliphatic carbocycles. The van der Waals surface area contributed by atoms with Gasteiger partial charge in [-0.25, -0.2) is 0 Å². The summed E-state index contributed by atoms with van der Waals surface area (Å²) in [5.41, 5.74) is 1.18. The molecular formula is C10H12BrN3O2. The van der Waals surface area contributed by atoms with Crippen LogP contribution in [0.25, 0.3) is 0 Å². The number of aliphatic hydroxyl groups excluding tert-OH is 1. The predicted octanol–water partition coefficient (Wildman–Crippen LogP) is 1.81. The number of rotatable bonds is 3. The second-order valence-electron chi connectivity index (χ2n) is 3.52. The molecule has 1 atom stereocenters. The summed E-state index contributed by atoms with van der Waals surface area (Å²) in [6.07, 6.45) is 1.69. The molecule has 5 nitrogen and oxygen atoms in total. The van der Waals surface area contributed by atoms with Crippen molar-refractivity contribution >= 4 is 15.9 Å². The molecule has 6 heteroatoms. The lowest BCUT2D eigenvalue weighted by Gasteiger charge is -2.03. The van der Waals surface area contributed by atoms with Gasteiger partial charge in [-0.15, -0.1) is 0 Å². The Morgan fingerprint density at radius 3 is 2.88 bits per heavy atom. The molecule has 0 amide bonds. The maximum absolute atomic E-state index is 10.1. The maximum atomic E-state index is 10.1. The zero-order chi connectivity index (χ0) is 11.7. The highest BCUT2D eigenvalue weighted by molar-refractivity contribution is 9.10. The van der Waals surface area contributed by atoms with Crippen molar-refractivity contribution < 1.29 is 9.63 Å². The average molecular weight is 286 g/mol. The molecule has 0 aromatic carbocycles. The van der Waals surface area contributed by atoms with Crippen LogP contribution in [0.1, 0.15) is 30.0 Å². The fraction of sp³-hybridized carbons (Fsp3) is 0.400. The molecule has 2 aromatic rings. The molecule has 2 aromatic heterocycles. The Bertz CT molecular complexity index is 492. The summed E-state index contributed by atoms with van der Waals surface area (Å²) in [7, 11) is 1.79. The molecule has 0 bridgehead atoms. The monoisotopic (exact) mass is 285 g/mol. The van der Waals surface area contributed by atoms with Crippen molar-refractivity contribution in [3.05, 3.63) is 33.9 Å². The van der Waals surface area contributed by atoms with Gasteiger partial charge in [0.15, 0.2) is 0 Å². The van der Waals surface area contributed by atoms with E-state index in [1.54, 1.807) is 24.0 Å². The number of nitrogens with zero attached hydrogens (tertiary/aromatic N) is 3. The highest BCUT2D eigenvalue weighted by atomic mass is 79.9. The zero-order valence-electron chi connectivity index (χ0n) is 9.01. The first kappa shape index (κ1) is 11.3. The van der Waals surface area contributed by atoms with Crippen molar-refractivity contribution in [3.63, 3.8) is 0 Å². The minimum absolute atomic E-state index is 0.505. The van der Waals surface area contributed by atoms with E-state index >= 15 is 0 Å². The quantitative estimate of drug-likeness (QED) is 0.934. The third-order valence-electron chi connectivity index (χ3n) is 2.31. The highest BCUT2D eigenvalue weighted by Gasteiger charge is 2.20. The Morgan fingerprint density at radius 1 is 1.62 bits per heavy atom. The summed E-state index contributed by atoms with van der Waals surface area (Å²) in [6.45, 7) is 1.97. The summed E-state index contributed by atoms with van der Waals surface area (Å²) in [5, 5.41) is 18.0. The van der Waals surface area contributed by atoms with Crippen molar-refractivity contribution in [1.29, 1.82) is 0 Å². The number of aromatic nitrogens is 3. The fourth-order valence-electron chi connectivity index (χ4n) is 1.45. The van der Waals surface area contributed by atoms with Gasteiger partial charge in [0, 0.05) is 31.3 Å². The Labute approximate surface area is 101 Å². The molecule has 0 radical (unpaired) electrons. The van der Waals surface area contributed by atoms with Gasteiger partial charge in [-0.1, -0.05) is 12.1 Å². The van der Waals surface area contributed by atoms with Gasteiger partial charge >= 0.3 is 0 Å². The van der Waals surface area contributed by atoms with Crippen molar-refractivity contribution in [2.75, 3.05) is 0 Å². The molecule has 2 rings (SSSR count). The van der Waals surface area contributed by atoms with Crippen LogP contribution in [0, 0.1) is 0 Å². The van der Waals surface area contributed by atoms with Crippen molar-refractivity contribution in [1.82, 2.24) is 14.9 Å². The lowest BCUT2D eigenvalue weighted by Crippen LogP contribution is -1.99. The van der Waals surface area contributed by atoms with E-state index < -0.39 is 6.10 Å². The van der Waals surface area contributed by atoms with Crippen LogP contribution in [0.4, 0.5) is 0 Å². The van der Waals surface area contributed by atoms with Crippen LogP contribution in [-0.2, 0) is 13.5 Å². The van der Waals surface area contributed by atoms with Crippen LogP contribution < -0.4 is 0 Å². The molecule has 1 unspecified atom stereocenters. The second-order valence-corrected chi connectivity index (χ2v) is 4.27. The molecule has 0 fully saturated rings. The number of halogens is 1. The van der Waals surface area contributed by atoms with Crippen LogP contribution in [0.2, 0.25) is 0 Å². The number of aliphatic hydroxyl groups is 1. The topological polar surface area (TPSA) is 64.1 Å². The first-order valence-corrected chi connectivity index (χ1v) is 5.73. The van der Waals surface area contributed by atoms with E-state index in [1.165, 1.54) is 0 Å². The lowest BCUT2D eigenvalue weighted by molar-refractivity contribution is 0.207. The van der Waals surface area contributed by atoms with Crippen molar-refractivity contribution in [2.45, 2.75) is 19.4 Å². The molecule has 0 saturated heterocycles. The molecule has 1 N–H and O–H groups in total. The molecule has 0 saturated carbocycles. The van der Waals surface area contributed by atoms with Crippen LogP contribution in [0.15, 0.2) is 21.4 Å². The predicted molar refractivity (Wildman–Crippen MR) is 60.9 cm³/mol. The van der Waals surface area contributed by atoms with Crippen LogP contribution in [-0.4, -0.2) is 20.0 Å². The first-order valence-electron chi connectivity index (χ1n) is 4.94. The Hall–Kier alpha value is -1.14. The van der Waals surface area contributed by atoms with E-state index in [2.05, 4.69) is 26.2 Å². The molecule has 16 heavy (non-hydrogen) atoms. The van der Waals surface area contributed by atoms with Gasteiger partial charge in [-0.05, 0) is 15.9 Å². The largest absolute Gasteiger partial charge is 0.382 e. The lowest BCUT2D eigenvalue weighted by atomic mass is 10.1. The van der Waals surface area contributed by atoms with E-state index in [1.807, 2.05) is 6.92 Å².